The fraction of sp³-hybridized carbons (Fsp3) is 0.448. The number of aliphatic hydroxyl groups excluding tert-OH is 1. The van der Waals surface area contributed by atoms with Gasteiger partial charge in [-0.2, -0.15) is 9.97 Å². The van der Waals surface area contributed by atoms with Crippen LogP contribution in [0.4, 0.5) is 20.5 Å². The minimum atomic E-state index is -3.84. The van der Waals surface area contributed by atoms with E-state index in [1.807, 2.05) is 18.2 Å². The molecule has 0 spiro atoms. The zero-order valence-corrected chi connectivity index (χ0v) is 27.8. The minimum Gasteiger partial charge on any atom is -0.462 e. The van der Waals surface area contributed by atoms with Gasteiger partial charge in [0.1, 0.15) is 18.4 Å². The molecule has 2 aromatic heterocycles. The van der Waals surface area contributed by atoms with Crippen molar-refractivity contribution in [2.45, 2.75) is 63.7 Å². The van der Waals surface area contributed by atoms with Gasteiger partial charge in [-0.15, -0.1) is 0 Å². The van der Waals surface area contributed by atoms with Crippen LogP contribution in [-0.4, -0.2) is 81.1 Å². The Hall–Kier alpha value is -3.53. The molecule has 0 aliphatic carbocycles. The highest BCUT2D eigenvalue weighted by Gasteiger charge is 2.65. The first-order chi connectivity index (χ1) is 21.5. The summed E-state index contributed by atoms with van der Waals surface area (Å²) in [6, 6.07) is 11.5. The van der Waals surface area contributed by atoms with Crippen LogP contribution in [-0.2, 0) is 30.6 Å². The molecule has 1 aliphatic heterocycles. The Morgan fingerprint density at radius 3 is 2.61 bits per heavy atom. The molecule has 3 heterocycles. The number of aliphatic hydroxyl groups is 1. The molecule has 2 aromatic carbocycles. The maximum absolute atomic E-state index is 16.6. The van der Waals surface area contributed by atoms with Gasteiger partial charge in [-0.25, -0.2) is 18.9 Å². The number of carbonyl (C=O) groups excluding carboxylic acids is 1. The molecule has 4 aromatic rings. The number of esters is 1. The lowest BCUT2D eigenvalue weighted by Crippen LogP contribution is -2.47. The SMILES string of the molecule is CC(C)OC(=O)[C@@H](C)NP(=S)(OC[C@@]1(F)O[C@@H](n2cnc3c(N(C)C)nc(N)nc32)[C@](C)(F)[C@@H]1O)Oc1cccc2ccccc12. The second-order valence-electron chi connectivity index (χ2n) is 11.6. The van der Waals surface area contributed by atoms with Crippen LogP contribution in [0.5, 0.6) is 5.75 Å². The third-order valence-electron chi connectivity index (χ3n) is 7.29. The number of hydrogen-bond acceptors (Lipinski definition) is 12. The molecule has 17 heteroatoms. The van der Waals surface area contributed by atoms with E-state index in [9.17, 15) is 9.90 Å². The fourth-order valence-corrected chi connectivity index (χ4v) is 7.45. The van der Waals surface area contributed by atoms with Crippen LogP contribution in [0.2, 0.25) is 0 Å². The van der Waals surface area contributed by atoms with Crippen LogP contribution in [0, 0.1) is 0 Å². The molecule has 4 N–H and O–H groups in total. The first-order valence-corrected chi connectivity index (χ1v) is 17.0. The Morgan fingerprint density at radius 1 is 1.22 bits per heavy atom. The van der Waals surface area contributed by atoms with Gasteiger partial charge in [-0.1, -0.05) is 36.4 Å². The molecule has 248 valence electrons. The van der Waals surface area contributed by atoms with Gasteiger partial charge < -0.3 is 34.3 Å². The molecule has 0 saturated carbocycles. The van der Waals surface area contributed by atoms with Gasteiger partial charge in [-0.05, 0) is 51.0 Å². The van der Waals surface area contributed by atoms with E-state index in [4.69, 9.17) is 36.1 Å². The normalized spacial score (nSPS) is 25.1. The van der Waals surface area contributed by atoms with E-state index in [-0.39, 0.29) is 17.1 Å². The van der Waals surface area contributed by atoms with Crippen LogP contribution in [0.3, 0.4) is 0 Å². The molecule has 13 nitrogen and oxygen atoms in total. The number of rotatable bonds is 11. The molecule has 6 atom stereocenters. The molecule has 1 aliphatic rings. The summed E-state index contributed by atoms with van der Waals surface area (Å²) in [5.41, 5.74) is 3.49. The average molecular weight is 680 g/mol. The van der Waals surface area contributed by atoms with Crippen molar-refractivity contribution in [2.24, 2.45) is 0 Å². The topological polar surface area (TPSA) is 159 Å². The second kappa shape index (κ2) is 12.6. The molecule has 5 rings (SSSR count). The molecule has 1 fully saturated rings. The Morgan fingerprint density at radius 2 is 1.91 bits per heavy atom. The number of aromatic nitrogens is 4. The highest BCUT2D eigenvalue weighted by Crippen LogP contribution is 2.53. The van der Waals surface area contributed by atoms with E-state index in [0.717, 1.165) is 16.9 Å². The molecular formula is C29H36F2N7O6PS. The van der Waals surface area contributed by atoms with E-state index in [1.165, 1.54) is 13.3 Å². The number of imidazole rings is 1. The summed E-state index contributed by atoms with van der Waals surface area (Å²) in [4.78, 5) is 26.9. The molecule has 0 bridgehead atoms. The van der Waals surface area contributed by atoms with Gasteiger partial charge in [0.25, 0.3) is 5.85 Å². The largest absolute Gasteiger partial charge is 0.462 e. The summed E-state index contributed by atoms with van der Waals surface area (Å²) >= 11 is 5.76. The third kappa shape index (κ3) is 6.50. The third-order valence-corrected chi connectivity index (χ3v) is 9.75. The number of nitrogens with zero attached hydrogens (tertiary/aromatic N) is 5. The van der Waals surface area contributed by atoms with E-state index in [0.29, 0.717) is 17.0 Å². The van der Waals surface area contributed by atoms with Gasteiger partial charge in [-0.3, -0.25) is 9.36 Å². The molecule has 1 unspecified atom stereocenters. The predicted octanol–water partition coefficient (Wildman–Crippen LogP) is 4.16. The van der Waals surface area contributed by atoms with E-state index in [1.54, 1.807) is 57.1 Å². The number of alkyl halides is 2. The summed E-state index contributed by atoms with van der Waals surface area (Å²) in [5, 5.41) is 15.3. The van der Waals surface area contributed by atoms with Crippen molar-refractivity contribution in [3.8, 4) is 5.75 Å². The summed E-state index contributed by atoms with van der Waals surface area (Å²) in [6.07, 6.45) is -3.33. The first kappa shape index (κ1) is 33.8. The summed E-state index contributed by atoms with van der Waals surface area (Å²) in [5.74, 6) is -3.27. The monoisotopic (exact) mass is 679 g/mol. The summed E-state index contributed by atoms with van der Waals surface area (Å²) < 4.78 is 56.9. The lowest BCUT2D eigenvalue weighted by Gasteiger charge is -2.30. The van der Waals surface area contributed by atoms with Crippen molar-refractivity contribution in [2.75, 3.05) is 31.3 Å². The van der Waals surface area contributed by atoms with Crippen molar-refractivity contribution in [3.05, 3.63) is 48.8 Å². The van der Waals surface area contributed by atoms with Crippen molar-refractivity contribution >= 4 is 58.1 Å². The summed E-state index contributed by atoms with van der Waals surface area (Å²) in [7, 11) is 3.42. The van der Waals surface area contributed by atoms with Gasteiger partial charge in [0, 0.05) is 19.5 Å². The lowest BCUT2D eigenvalue weighted by molar-refractivity contribution is -0.202. The smallest absolute Gasteiger partial charge is 0.323 e. The van der Waals surface area contributed by atoms with Crippen LogP contribution in [0.1, 0.15) is 33.9 Å². The number of benzene rings is 2. The fourth-order valence-electron chi connectivity index (χ4n) is 5.06. The molecule has 0 amide bonds. The molecular weight excluding hydrogens is 643 g/mol. The van der Waals surface area contributed by atoms with E-state index < -0.39 is 55.2 Å². The second-order valence-corrected chi connectivity index (χ2v) is 14.7. The van der Waals surface area contributed by atoms with Crippen LogP contribution >= 0.6 is 6.64 Å². The van der Waals surface area contributed by atoms with E-state index in [2.05, 4.69) is 20.0 Å². The van der Waals surface area contributed by atoms with Crippen molar-refractivity contribution in [3.63, 3.8) is 0 Å². The van der Waals surface area contributed by atoms with Crippen molar-refractivity contribution in [1.29, 1.82) is 0 Å². The molecule has 46 heavy (non-hydrogen) atoms. The first-order valence-electron chi connectivity index (χ1n) is 14.4. The summed E-state index contributed by atoms with van der Waals surface area (Å²) in [6.45, 7) is 0.933. The zero-order valence-electron chi connectivity index (χ0n) is 26.0. The molecule has 1 saturated heterocycles. The quantitative estimate of drug-likeness (QED) is 0.153. The number of halogens is 2. The van der Waals surface area contributed by atoms with Crippen LogP contribution in [0.25, 0.3) is 21.9 Å². The molecule has 0 radical (unpaired) electrons. The number of anilines is 2. The number of nitrogen functional groups attached to an aromatic ring is 1. The van der Waals surface area contributed by atoms with E-state index >= 15 is 8.78 Å². The number of nitrogens with two attached hydrogens (primary N) is 1. The van der Waals surface area contributed by atoms with Crippen molar-refractivity contribution < 1.29 is 37.2 Å². The Kier molecular flexibility index (Phi) is 9.25. The zero-order chi connectivity index (χ0) is 33.6. The van der Waals surface area contributed by atoms with Crippen LogP contribution < -0.4 is 20.2 Å². The maximum Gasteiger partial charge on any atom is 0.323 e. The Labute approximate surface area is 269 Å². The standard InChI is InChI=1S/C29H36F2N7O6PS/c1-16(2)42-24(39)17(3)36-45(46,44-20-13-9-11-18-10-7-8-12-19(18)20)41-14-29(31)25(40)28(4,30)26(43-29)38-15-33-21-22(37(5)6)34-27(32)35-23(21)38/h7-13,15-17,25-26,40H,14H2,1-6H3,(H,36,46)(H2,32,34,35)/t17-,25+,26-,28-,29-,45?/m1/s1. The van der Waals surface area contributed by atoms with Gasteiger partial charge in [0.2, 0.25) is 5.95 Å². The van der Waals surface area contributed by atoms with Gasteiger partial charge >= 0.3 is 12.6 Å². The number of ether oxygens (including phenoxy) is 2. The van der Waals surface area contributed by atoms with Crippen LogP contribution in [0.15, 0.2) is 48.8 Å². The Balaban J connectivity index is 1.46. The maximum atomic E-state index is 16.6. The number of fused-ring (bicyclic) bond motifs is 2. The van der Waals surface area contributed by atoms with Gasteiger partial charge in [0.15, 0.2) is 35.0 Å². The highest BCUT2D eigenvalue weighted by molar-refractivity contribution is 8.09. The Bertz CT molecular complexity index is 1810. The predicted molar refractivity (Wildman–Crippen MR) is 172 cm³/mol. The minimum absolute atomic E-state index is 0.0611. The number of hydrogen-bond donors (Lipinski definition) is 3. The highest BCUT2D eigenvalue weighted by atomic mass is 32.5. The lowest BCUT2D eigenvalue weighted by atomic mass is 9.97. The van der Waals surface area contributed by atoms with Gasteiger partial charge in [0.05, 0.1) is 12.4 Å². The average Bonchev–Trinajstić information content (AvgIpc) is 3.47. The number of nitrogens with one attached hydrogen (secondary N) is 1. The number of carbonyl (C=O) groups is 1. The van der Waals surface area contributed by atoms with Crippen molar-refractivity contribution in [1.82, 2.24) is 24.6 Å².